The number of rotatable bonds is 7. The third-order valence-corrected chi connectivity index (χ3v) is 4.57. The molecule has 148 valence electrons. The van der Waals surface area contributed by atoms with Crippen LogP contribution in [0.5, 0.6) is 16.7 Å². The van der Waals surface area contributed by atoms with Crippen molar-refractivity contribution in [3.05, 3.63) is 42.3 Å². The predicted octanol–water partition coefficient (Wildman–Crippen LogP) is 4.37. The van der Waals surface area contributed by atoms with Crippen molar-refractivity contribution in [2.24, 2.45) is 0 Å². The Morgan fingerprint density at radius 2 is 1.89 bits per heavy atom. The van der Waals surface area contributed by atoms with Crippen molar-refractivity contribution in [1.29, 1.82) is 0 Å². The quantitative estimate of drug-likeness (QED) is 0.609. The zero-order valence-corrected chi connectivity index (χ0v) is 16.9. The summed E-state index contributed by atoms with van der Waals surface area (Å²) in [6.07, 6.45) is 1.80. The first-order valence-electron chi connectivity index (χ1n) is 8.80. The van der Waals surface area contributed by atoms with Crippen LogP contribution in [0.15, 0.2) is 41.1 Å². The highest BCUT2D eigenvalue weighted by Crippen LogP contribution is 2.33. The molecule has 1 aromatic carbocycles. The minimum atomic E-state index is -0.309. The number of benzene rings is 1. The number of nitrogens with one attached hydrogen (secondary N) is 2. The molecule has 0 saturated carbocycles. The maximum atomic E-state index is 11.4. The number of amides is 2. The summed E-state index contributed by atoms with van der Waals surface area (Å²) in [4.78, 5) is 16.5. The number of carbonyl (C=O) groups is 1. The van der Waals surface area contributed by atoms with Crippen LogP contribution in [0.3, 0.4) is 0 Å². The fourth-order valence-corrected chi connectivity index (χ4v) is 3.07. The number of aromatic nitrogens is 2. The van der Waals surface area contributed by atoms with Crippen LogP contribution in [0.2, 0.25) is 0 Å². The Balaban J connectivity index is 1.65. The maximum absolute atomic E-state index is 11.4. The molecule has 0 saturated heterocycles. The van der Waals surface area contributed by atoms with Crippen molar-refractivity contribution in [2.75, 3.05) is 7.05 Å². The van der Waals surface area contributed by atoms with E-state index < -0.39 is 0 Å². The molecular formula is C19H22N4O4S. The van der Waals surface area contributed by atoms with Crippen molar-refractivity contribution in [2.45, 2.75) is 32.9 Å². The summed E-state index contributed by atoms with van der Waals surface area (Å²) >= 11 is 1.35. The van der Waals surface area contributed by atoms with Gasteiger partial charge >= 0.3 is 6.03 Å². The Morgan fingerprint density at radius 3 is 2.57 bits per heavy atom. The van der Waals surface area contributed by atoms with E-state index in [0.29, 0.717) is 22.4 Å². The van der Waals surface area contributed by atoms with Crippen LogP contribution >= 0.6 is 11.3 Å². The molecule has 9 heteroatoms. The normalized spacial score (nSPS) is 11.9. The summed E-state index contributed by atoms with van der Waals surface area (Å²) in [5.41, 5.74) is 0.633. The Morgan fingerprint density at radius 1 is 1.18 bits per heavy atom. The molecule has 0 aliphatic carbocycles. The minimum Gasteiger partial charge on any atom is -0.491 e. The van der Waals surface area contributed by atoms with Gasteiger partial charge in [-0.05, 0) is 45.0 Å². The molecule has 3 rings (SSSR count). The standard InChI is InChI=1S/C19H22N4O4S/c1-11(2)25-13-5-7-14(8-6-13)26-19-21-10-17(28-19)15-9-16(27-23-15)12(3)22-18(24)20-4/h5-12H,1-4H3,(H2,20,22,24). The molecule has 2 heterocycles. The summed E-state index contributed by atoms with van der Waals surface area (Å²) in [7, 11) is 1.55. The highest BCUT2D eigenvalue weighted by molar-refractivity contribution is 7.16. The smallest absolute Gasteiger partial charge is 0.315 e. The van der Waals surface area contributed by atoms with Crippen molar-refractivity contribution in [1.82, 2.24) is 20.8 Å². The first-order valence-corrected chi connectivity index (χ1v) is 9.62. The number of urea groups is 1. The lowest BCUT2D eigenvalue weighted by Gasteiger charge is -2.09. The second-order valence-electron chi connectivity index (χ2n) is 6.29. The fraction of sp³-hybridized carbons (Fsp3) is 0.316. The first-order chi connectivity index (χ1) is 13.4. The lowest BCUT2D eigenvalue weighted by Crippen LogP contribution is -2.34. The minimum absolute atomic E-state index is 0.120. The molecule has 0 fully saturated rings. The largest absolute Gasteiger partial charge is 0.491 e. The molecule has 0 aliphatic heterocycles. The average Bonchev–Trinajstić information content (AvgIpc) is 3.32. The Kier molecular flexibility index (Phi) is 6.15. The van der Waals surface area contributed by atoms with Gasteiger partial charge in [-0.15, -0.1) is 0 Å². The molecule has 0 spiro atoms. The van der Waals surface area contributed by atoms with Crippen LogP contribution in [0.1, 0.15) is 32.6 Å². The number of hydrogen-bond acceptors (Lipinski definition) is 7. The first kappa shape index (κ1) is 19.7. The van der Waals surface area contributed by atoms with Gasteiger partial charge < -0.3 is 24.6 Å². The van der Waals surface area contributed by atoms with Crippen LogP contribution in [0, 0.1) is 0 Å². The van der Waals surface area contributed by atoms with Gasteiger partial charge in [0.15, 0.2) is 5.76 Å². The van der Waals surface area contributed by atoms with E-state index >= 15 is 0 Å². The lowest BCUT2D eigenvalue weighted by molar-refractivity contribution is 0.237. The average molecular weight is 402 g/mol. The summed E-state index contributed by atoms with van der Waals surface area (Å²) < 4.78 is 16.7. The van der Waals surface area contributed by atoms with Crippen LogP contribution < -0.4 is 20.1 Å². The SMILES string of the molecule is CNC(=O)NC(C)c1cc(-c2cnc(Oc3ccc(OC(C)C)cc3)s2)no1. The topological polar surface area (TPSA) is 98.5 Å². The molecule has 2 N–H and O–H groups in total. The summed E-state index contributed by atoms with van der Waals surface area (Å²) in [6, 6.07) is 8.55. The highest BCUT2D eigenvalue weighted by atomic mass is 32.1. The third kappa shape index (κ3) is 5.01. The molecule has 1 atom stereocenters. The van der Waals surface area contributed by atoms with Crippen LogP contribution in [0.4, 0.5) is 4.79 Å². The Hall–Kier alpha value is -3.07. The molecule has 0 radical (unpaired) electrons. The molecule has 0 aliphatic rings. The van der Waals surface area contributed by atoms with Gasteiger partial charge in [-0.1, -0.05) is 16.5 Å². The molecule has 2 amide bonds. The van der Waals surface area contributed by atoms with Crippen molar-refractivity contribution in [3.8, 4) is 27.3 Å². The highest BCUT2D eigenvalue weighted by Gasteiger charge is 2.17. The zero-order chi connectivity index (χ0) is 20.1. The summed E-state index contributed by atoms with van der Waals surface area (Å²) in [5, 5.41) is 9.78. The number of hydrogen-bond donors (Lipinski definition) is 2. The van der Waals surface area contributed by atoms with Gasteiger partial charge in [-0.3, -0.25) is 0 Å². The van der Waals surface area contributed by atoms with Crippen molar-refractivity contribution < 1.29 is 18.8 Å². The van der Waals surface area contributed by atoms with Crippen LogP contribution in [0.25, 0.3) is 10.6 Å². The van der Waals surface area contributed by atoms with Gasteiger partial charge in [0.25, 0.3) is 5.19 Å². The van der Waals surface area contributed by atoms with Crippen LogP contribution in [-0.2, 0) is 0 Å². The van der Waals surface area contributed by atoms with Gasteiger partial charge in [0, 0.05) is 13.1 Å². The van der Waals surface area contributed by atoms with E-state index in [9.17, 15) is 4.79 Å². The fourth-order valence-electron chi connectivity index (χ4n) is 2.33. The van der Waals surface area contributed by atoms with E-state index in [1.54, 1.807) is 19.3 Å². The van der Waals surface area contributed by atoms with Crippen molar-refractivity contribution >= 4 is 17.4 Å². The number of carbonyl (C=O) groups excluding carboxylic acids is 1. The van der Waals surface area contributed by atoms with Crippen LogP contribution in [-0.4, -0.2) is 29.3 Å². The molecule has 28 heavy (non-hydrogen) atoms. The number of nitrogens with zero attached hydrogens (tertiary/aromatic N) is 2. The van der Waals surface area contributed by atoms with E-state index in [4.69, 9.17) is 14.0 Å². The van der Waals surface area contributed by atoms with Gasteiger partial charge in [0.1, 0.15) is 17.2 Å². The van der Waals surface area contributed by atoms with E-state index in [0.717, 1.165) is 10.6 Å². The third-order valence-electron chi connectivity index (χ3n) is 3.67. The number of thiazole rings is 1. The molecule has 0 bridgehead atoms. The Labute approximate surface area is 166 Å². The summed E-state index contributed by atoms with van der Waals surface area (Å²) in [6.45, 7) is 5.77. The lowest BCUT2D eigenvalue weighted by atomic mass is 10.2. The van der Waals surface area contributed by atoms with Gasteiger partial charge in [0.2, 0.25) is 0 Å². The van der Waals surface area contributed by atoms with Gasteiger partial charge in [-0.2, -0.15) is 0 Å². The molecule has 1 unspecified atom stereocenters. The monoisotopic (exact) mass is 402 g/mol. The van der Waals surface area contributed by atoms with Gasteiger partial charge in [0.05, 0.1) is 23.2 Å². The zero-order valence-electron chi connectivity index (χ0n) is 16.1. The van der Waals surface area contributed by atoms with E-state index in [1.807, 2.05) is 45.0 Å². The second-order valence-corrected chi connectivity index (χ2v) is 7.28. The molecule has 8 nitrogen and oxygen atoms in total. The molecular weight excluding hydrogens is 380 g/mol. The van der Waals surface area contributed by atoms with E-state index in [2.05, 4.69) is 20.8 Å². The molecule has 3 aromatic rings. The predicted molar refractivity (Wildman–Crippen MR) is 106 cm³/mol. The Bertz CT molecular complexity index is 920. The van der Waals surface area contributed by atoms with Crippen molar-refractivity contribution in [3.63, 3.8) is 0 Å². The van der Waals surface area contributed by atoms with E-state index in [1.165, 1.54) is 11.3 Å². The molecule has 2 aromatic heterocycles. The number of ether oxygens (including phenoxy) is 2. The van der Waals surface area contributed by atoms with E-state index in [-0.39, 0.29) is 18.2 Å². The summed E-state index contributed by atoms with van der Waals surface area (Å²) in [5.74, 6) is 2.01. The maximum Gasteiger partial charge on any atom is 0.315 e. The second kappa shape index (κ2) is 8.75. The van der Waals surface area contributed by atoms with Gasteiger partial charge in [-0.25, -0.2) is 9.78 Å².